The average molecular weight is 226 g/mol. The number of rotatable bonds is 3. The molecule has 0 amide bonds. The molecule has 0 aromatic carbocycles. The smallest absolute Gasteiger partial charge is 0.378 e. The molecule has 1 fully saturated rings. The lowest BCUT2D eigenvalue weighted by molar-refractivity contribution is 0.0222. The molecule has 1 aliphatic rings. The Morgan fingerprint density at radius 1 is 1.69 bits per heavy atom. The van der Waals surface area contributed by atoms with Crippen LogP contribution in [0.1, 0.15) is 29.5 Å². The van der Waals surface area contributed by atoms with Crippen LogP contribution in [-0.4, -0.2) is 47.5 Å². The zero-order valence-electron chi connectivity index (χ0n) is 9.02. The van der Waals surface area contributed by atoms with Gasteiger partial charge in [-0.2, -0.15) is 0 Å². The first-order valence-electron chi connectivity index (χ1n) is 5.23. The molecule has 0 bridgehead atoms. The number of carbonyl (C=O) groups is 1. The standard InChI is InChI=1S/C9H14N4O3/c1-2-15-9(14)8-11-7(12-13-8)6-5-10-3-4-16-6/h6,10H,2-5H2,1H3,(H,11,12,13). The number of aromatic amines is 1. The summed E-state index contributed by atoms with van der Waals surface area (Å²) in [5.41, 5.74) is 0. The maximum absolute atomic E-state index is 11.3. The summed E-state index contributed by atoms with van der Waals surface area (Å²) in [6.07, 6.45) is -0.176. The molecule has 7 nitrogen and oxygen atoms in total. The van der Waals surface area contributed by atoms with Crippen LogP contribution in [0.2, 0.25) is 0 Å². The van der Waals surface area contributed by atoms with Gasteiger partial charge in [0.05, 0.1) is 13.2 Å². The summed E-state index contributed by atoms with van der Waals surface area (Å²) in [5, 5.41) is 9.65. The number of H-pyrrole nitrogens is 1. The van der Waals surface area contributed by atoms with Crippen LogP contribution in [0, 0.1) is 0 Å². The summed E-state index contributed by atoms with van der Waals surface area (Å²) >= 11 is 0. The number of esters is 1. The highest BCUT2D eigenvalue weighted by atomic mass is 16.5. The fourth-order valence-corrected chi connectivity index (χ4v) is 1.45. The Hall–Kier alpha value is -1.47. The van der Waals surface area contributed by atoms with Crippen LogP contribution in [0.25, 0.3) is 0 Å². The van der Waals surface area contributed by atoms with Gasteiger partial charge in [-0.05, 0) is 6.92 Å². The van der Waals surface area contributed by atoms with E-state index in [2.05, 4.69) is 20.5 Å². The topological polar surface area (TPSA) is 89.1 Å². The van der Waals surface area contributed by atoms with E-state index in [-0.39, 0.29) is 11.9 Å². The highest BCUT2D eigenvalue weighted by Crippen LogP contribution is 2.14. The summed E-state index contributed by atoms with van der Waals surface area (Å²) in [4.78, 5) is 15.4. The SMILES string of the molecule is CCOC(=O)c1n[nH]c(C2CNCCO2)n1. The minimum absolute atomic E-state index is 0.0472. The van der Waals surface area contributed by atoms with Crippen LogP contribution >= 0.6 is 0 Å². The molecule has 0 spiro atoms. The Kier molecular flexibility index (Phi) is 3.47. The molecule has 1 saturated heterocycles. The molecule has 88 valence electrons. The second kappa shape index (κ2) is 5.04. The monoisotopic (exact) mass is 226 g/mol. The van der Waals surface area contributed by atoms with Crippen LogP contribution in [0.4, 0.5) is 0 Å². The number of morpholine rings is 1. The molecule has 0 aliphatic carbocycles. The molecule has 1 aliphatic heterocycles. The van der Waals surface area contributed by atoms with E-state index in [9.17, 15) is 4.79 Å². The molecule has 2 N–H and O–H groups in total. The van der Waals surface area contributed by atoms with Gasteiger partial charge in [0.1, 0.15) is 6.10 Å². The second-order valence-electron chi connectivity index (χ2n) is 3.33. The van der Waals surface area contributed by atoms with Crippen LogP contribution in [0.3, 0.4) is 0 Å². The summed E-state index contributed by atoms with van der Waals surface area (Å²) in [7, 11) is 0. The molecular formula is C9H14N4O3. The predicted octanol–water partition coefficient (Wildman–Crippen LogP) is -0.358. The molecule has 0 radical (unpaired) electrons. The van der Waals surface area contributed by atoms with Crippen molar-refractivity contribution in [2.75, 3.05) is 26.3 Å². The van der Waals surface area contributed by atoms with E-state index in [0.29, 0.717) is 25.6 Å². The highest BCUT2D eigenvalue weighted by molar-refractivity contribution is 5.84. The quantitative estimate of drug-likeness (QED) is 0.684. The Bertz CT molecular complexity index is 359. The lowest BCUT2D eigenvalue weighted by Gasteiger charge is -2.21. The van der Waals surface area contributed by atoms with Crippen molar-refractivity contribution in [1.29, 1.82) is 0 Å². The van der Waals surface area contributed by atoms with Gasteiger partial charge in [-0.1, -0.05) is 0 Å². The Balaban J connectivity index is 2.03. The van der Waals surface area contributed by atoms with E-state index >= 15 is 0 Å². The lowest BCUT2D eigenvalue weighted by atomic mass is 10.3. The molecule has 1 aromatic rings. The number of ether oxygens (including phenoxy) is 2. The fraction of sp³-hybridized carbons (Fsp3) is 0.667. The predicted molar refractivity (Wildman–Crippen MR) is 53.9 cm³/mol. The van der Waals surface area contributed by atoms with Crippen molar-refractivity contribution in [2.24, 2.45) is 0 Å². The minimum atomic E-state index is -0.520. The van der Waals surface area contributed by atoms with Crippen molar-refractivity contribution in [2.45, 2.75) is 13.0 Å². The molecule has 2 rings (SSSR count). The molecule has 0 saturated carbocycles. The van der Waals surface area contributed by atoms with E-state index in [0.717, 1.165) is 6.54 Å². The molecule has 1 atom stereocenters. The van der Waals surface area contributed by atoms with Crippen LogP contribution in [0.15, 0.2) is 0 Å². The Labute approximate surface area is 92.5 Å². The molecule has 1 aromatic heterocycles. The normalized spacial score (nSPS) is 20.7. The van der Waals surface area contributed by atoms with Crippen molar-refractivity contribution < 1.29 is 14.3 Å². The van der Waals surface area contributed by atoms with Gasteiger partial charge in [0, 0.05) is 13.1 Å². The Morgan fingerprint density at radius 3 is 3.25 bits per heavy atom. The minimum Gasteiger partial charge on any atom is -0.460 e. The summed E-state index contributed by atoms with van der Waals surface area (Å²) in [6.45, 7) is 4.16. The maximum Gasteiger partial charge on any atom is 0.378 e. The van der Waals surface area contributed by atoms with Crippen molar-refractivity contribution in [3.63, 3.8) is 0 Å². The lowest BCUT2D eigenvalue weighted by Crippen LogP contribution is -2.33. The highest BCUT2D eigenvalue weighted by Gasteiger charge is 2.21. The van der Waals surface area contributed by atoms with Crippen LogP contribution in [-0.2, 0) is 9.47 Å². The number of hydrogen-bond acceptors (Lipinski definition) is 6. The van der Waals surface area contributed by atoms with E-state index in [1.165, 1.54) is 0 Å². The molecule has 2 heterocycles. The van der Waals surface area contributed by atoms with Crippen molar-refractivity contribution in [3.8, 4) is 0 Å². The largest absolute Gasteiger partial charge is 0.460 e. The van der Waals surface area contributed by atoms with Crippen LogP contribution in [0.5, 0.6) is 0 Å². The first-order valence-corrected chi connectivity index (χ1v) is 5.23. The first kappa shape index (κ1) is 11.0. The number of carbonyl (C=O) groups excluding carboxylic acids is 1. The van der Waals surface area contributed by atoms with Gasteiger partial charge in [-0.15, -0.1) is 5.10 Å². The van der Waals surface area contributed by atoms with Crippen molar-refractivity contribution in [3.05, 3.63) is 11.6 Å². The third-order valence-electron chi connectivity index (χ3n) is 2.19. The third kappa shape index (κ3) is 2.37. The van der Waals surface area contributed by atoms with Gasteiger partial charge in [-0.25, -0.2) is 9.78 Å². The van der Waals surface area contributed by atoms with Crippen LogP contribution < -0.4 is 5.32 Å². The van der Waals surface area contributed by atoms with Gasteiger partial charge >= 0.3 is 5.97 Å². The van der Waals surface area contributed by atoms with Crippen molar-refractivity contribution >= 4 is 5.97 Å². The second-order valence-corrected chi connectivity index (χ2v) is 3.33. The van der Waals surface area contributed by atoms with Gasteiger partial charge in [0.2, 0.25) is 0 Å². The van der Waals surface area contributed by atoms with Gasteiger partial charge < -0.3 is 14.8 Å². The summed E-state index contributed by atoms with van der Waals surface area (Å²) in [6, 6.07) is 0. The number of nitrogens with zero attached hydrogens (tertiary/aromatic N) is 2. The third-order valence-corrected chi connectivity index (χ3v) is 2.19. The van der Waals surface area contributed by atoms with Gasteiger partial charge in [-0.3, -0.25) is 5.10 Å². The van der Waals surface area contributed by atoms with Gasteiger partial charge in [0.15, 0.2) is 5.82 Å². The number of nitrogens with one attached hydrogen (secondary N) is 2. The average Bonchev–Trinajstić information content (AvgIpc) is 2.80. The summed E-state index contributed by atoms with van der Waals surface area (Å²) < 4.78 is 10.3. The maximum atomic E-state index is 11.3. The fourth-order valence-electron chi connectivity index (χ4n) is 1.45. The zero-order valence-corrected chi connectivity index (χ0v) is 9.02. The molecular weight excluding hydrogens is 212 g/mol. The van der Waals surface area contributed by atoms with Crippen molar-refractivity contribution in [1.82, 2.24) is 20.5 Å². The zero-order chi connectivity index (χ0) is 11.4. The van der Waals surface area contributed by atoms with E-state index < -0.39 is 5.97 Å². The van der Waals surface area contributed by atoms with E-state index in [1.54, 1.807) is 6.92 Å². The molecule has 7 heteroatoms. The molecule has 1 unspecified atom stereocenters. The van der Waals surface area contributed by atoms with E-state index in [4.69, 9.17) is 9.47 Å². The number of aromatic nitrogens is 3. The number of hydrogen-bond donors (Lipinski definition) is 2. The first-order chi connectivity index (χ1) is 7.81. The van der Waals surface area contributed by atoms with E-state index in [1.807, 2.05) is 0 Å². The Morgan fingerprint density at radius 2 is 2.56 bits per heavy atom. The molecule has 16 heavy (non-hydrogen) atoms. The summed E-state index contributed by atoms with van der Waals surface area (Å²) in [5.74, 6) is 0.0787. The van der Waals surface area contributed by atoms with Gasteiger partial charge in [0.25, 0.3) is 5.82 Å².